The van der Waals surface area contributed by atoms with Crippen molar-refractivity contribution in [2.45, 2.75) is 25.4 Å². The molecule has 19 heavy (non-hydrogen) atoms. The van der Waals surface area contributed by atoms with E-state index in [0.29, 0.717) is 6.04 Å². The highest BCUT2D eigenvalue weighted by molar-refractivity contribution is 5.34. The summed E-state index contributed by atoms with van der Waals surface area (Å²) in [6, 6.07) is 5.38. The quantitative estimate of drug-likeness (QED) is 0.904. The van der Waals surface area contributed by atoms with E-state index in [4.69, 9.17) is 4.74 Å². The molecule has 1 N–H and O–H groups in total. The summed E-state index contributed by atoms with van der Waals surface area (Å²) in [7, 11) is 1.65. The number of hydrogen-bond donors (Lipinski definition) is 1. The summed E-state index contributed by atoms with van der Waals surface area (Å²) < 4.78 is 18.8. The number of ether oxygens (including phenoxy) is 1. The SMILES string of the molecule is COc1ccc(F)cc1CN1CCCC2CNCC21. The molecule has 2 aliphatic heterocycles. The van der Waals surface area contributed by atoms with Crippen LogP contribution in [0.2, 0.25) is 0 Å². The van der Waals surface area contributed by atoms with Gasteiger partial charge in [-0.15, -0.1) is 0 Å². The molecule has 3 nitrogen and oxygen atoms in total. The molecule has 0 bridgehead atoms. The maximum Gasteiger partial charge on any atom is 0.123 e. The molecule has 2 unspecified atom stereocenters. The lowest BCUT2D eigenvalue weighted by Gasteiger charge is -2.37. The molecular weight excluding hydrogens is 243 g/mol. The van der Waals surface area contributed by atoms with Crippen LogP contribution in [0.4, 0.5) is 4.39 Å². The average Bonchev–Trinajstić information content (AvgIpc) is 2.88. The fourth-order valence-corrected chi connectivity index (χ4v) is 3.45. The van der Waals surface area contributed by atoms with Gasteiger partial charge in [0.25, 0.3) is 0 Å². The fraction of sp³-hybridized carbons (Fsp3) is 0.600. The Balaban J connectivity index is 1.78. The third kappa shape index (κ3) is 2.60. The van der Waals surface area contributed by atoms with Crippen LogP contribution >= 0.6 is 0 Å². The molecule has 0 aromatic heterocycles. The second kappa shape index (κ2) is 5.47. The van der Waals surface area contributed by atoms with Crippen LogP contribution in [0.15, 0.2) is 18.2 Å². The monoisotopic (exact) mass is 264 g/mol. The zero-order chi connectivity index (χ0) is 13.2. The third-order valence-electron chi connectivity index (χ3n) is 4.41. The lowest BCUT2D eigenvalue weighted by Crippen LogP contribution is -2.44. The van der Waals surface area contributed by atoms with Crippen LogP contribution in [0, 0.1) is 11.7 Å². The molecular formula is C15H21FN2O. The summed E-state index contributed by atoms with van der Waals surface area (Å²) in [5, 5.41) is 3.47. The zero-order valence-electron chi connectivity index (χ0n) is 11.4. The zero-order valence-corrected chi connectivity index (χ0v) is 11.4. The van der Waals surface area contributed by atoms with Gasteiger partial charge in [0.2, 0.25) is 0 Å². The number of hydrogen-bond acceptors (Lipinski definition) is 3. The normalized spacial score (nSPS) is 27.3. The van der Waals surface area contributed by atoms with Gasteiger partial charge in [0.1, 0.15) is 11.6 Å². The molecule has 0 spiro atoms. The Kier molecular flexibility index (Phi) is 3.71. The van der Waals surface area contributed by atoms with Gasteiger partial charge in [-0.2, -0.15) is 0 Å². The largest absolute Gasteiger partial charge is 0.496 e. The van der Waals surface area contributed by atoms with Crippen molar-refractivity contribution in [2.24, 2.45) is 5.92 Å². The summed E-state index contributed by atoms with van der Waals surface area (Å²) in [4.78, 5) is 2.48. The number of halogens is 1. The van der Waals surface area contributed by atoms with E-state index in [2.05, 4.69) is 10.2 Å². The highest BCUT2D eigenvalue weighted by Gasteiger charge is 2.34. The first-order valence-corrected chi connectivity index (χ1v) is 7.05. The minimum atomic E-state index is -0.186. The number of methoxy groups -OCH3 is 1. The van der Waals surface area contributed by atoms with Crippen molar-refractivity contribution >= 4 is 0 Å². The molecule has 2 saturated heterocycles. The summed E-state index contributed by atoms with van der Waals surface area (Å²) in [5.74, 6) is 1.36. The van der Waals surface area contributed by atoms with Crippen molar-refractivity contribution in [1.82, 2.24) is 10.2 Å². The number of rotatable bonds is 3. The van der Waals surface area contributed by atoms with Crippen molar-refractivity contribution in [3.63, 3.8) is 0 Å². The predicted octanol–water partition coefficient (Wildman–Crippen LogP) is 2.02. The Morgan fingerprint density at radius 3 is 3.16 bits per heavy atom. The lowest BCUT2D eigenvalue weighted by molar-refractivity contribution is 0.116. The number of benzene rings is 1. The van der Waals surface area contributed by atoms with E-state index in [1.165, 1.54) is 18.9 Å². The van der Waals surface area contributed by atoms with E-state index in [1.54, 1.807) is 19.2 Å². The maximum absolute atomic E-state index is 13.4. The van der Waals surface area contributed by atoms with Gasteiger partial charge in [-0.3, -0.25) is 4.90 Å². The van der Waals surface area contributed by atoms with Crippen molar-refractivity contribution in [2.75, 3.05) is 26.7 Å². The van der Waals surface area contributed by atoms with Gasteiger partial charge in [0.15, 0.2) is 0 Å². The van der Waals surface area contributed by atoms with Crippen molar-refractivity contribution in [3.05, 3.63) is 29.6 Å². The Morgan fingerprint density at radius 1 is 1.42 bits per heavy atom. The minimum Gasteiger partial charge on any atom is -0.496 e. The highest BCUT2D eigenvalue weighted by Crippen LogP contribution is 2.29. The molecule has 0 saturated carbocycles. The first-order chi connectivity index (χ1) is 9.28. The molecule has 0 radical (unpaired) electrons. The van der Waals surface area contributed by atoms with Gasteiger partial charge in [-0.05, 0) is 50.0 Å². The molecule has 0 amide bonds. The summed E-state index contributed by atoms with van der Waals surface area (Å²) in [5.41, 5.74) is 0.954. The van der Waals surface area contributed by atoms with Crippen molar-refractivity contribution in [3.8, 4) is 5.75 Å². The molecule has 1 aromatic rings. The van der Waals surface area contributed by atoms with E-state index >= 15 is 0 Å². The van der Waals surface area contributed by atoms with E-state index in [0.717, 1.165) is 43.4 Å². The topological polar surface area (TPSA) is 24.5 Å². The van der Waals surface area contributed by atoms with Crippen LogP contribution in [0.25, 0.3) is 0 Å². The standard InChI is InChI=1S/C15H21FN2O/c1-19-15-5-4-13(16)7-12(15)10-18-6-2-3-11-8-17-9-14(11)18/h4-5,7,11,14,17H,2-3,6,8-10H2,1H3. The number of piperidine rings is 1. The van der Waals surface area contributed by atoms with E-state index in [1.807, 2.05) is 0 Å². The molecule has 2 aliphatic rings. The van der Waals surface area contributed by atoms with E-state index in [9.17, 15) is 4.39 Å². The van der Waals surface area contributed by atoms with Gasteiger partial charge in [-0.1, -0.05) is 0 Å². The number of likely N-dealkylation sites (tertiary alicyclic amines) is 1. The number of fused-ring (bicyclic) bond motifs is 1. The number of nitrogens with zero attached hydrogens (tertiary/aromatic N) is 1. The van der Waals surface area contributed by atoms with E-state index < -0.39 is 0 Å². The Labute approximate surface area is 113 Å². The van der Waals surface area contributed by atoms with Gasteiger partial charge >= 0.3 is 0 Å². The predicted molar refractivity (Wildman–Crippen MR) is 72.7 cm³/mol. The molecule has 104 valence electrons. The van der Waals surface area contributed by atoms with Crippen LogP contribution in [0.3, 0.4) is 0 Å². The Bertz CT molecular complexity index is 452. The smallest absolute Gasteiger partial charge is 0.123 e. The fourth-order valence-electron chi connectivity index (χ4n) is 3.45. The van der Waals surface area contributed by atoms with Gasteiger partial charge in [-0.25, -0.2) is 4.39 Å². The lowest BCUT2D eigenvalue weighted by atomic mass is 9.91. The van der Waals surface area contributed by atoms with Crippen molar-refractivity contribution < 1.29 is 9.13 Å². The second-order valence-corrected chi connectivity index (χ2v) is 5.55. The van der Waals surface area contributed by atoms with Gasteiger partial charge in [0, 0.05) is 24.7 Å². The number of nitrogens with one attached hydrogen (secondary N) is 1. The maximum atomic E-state index is 13.4. The van der Waals surface area contributed by atoms with E-state index in [-0.39, 0.29) is 5.82 Å². The second-order valence-electron chi connectivity index (χ2n) is 5.55. The summed E-state index contributed by atoms with van der Waals surface area (Å²) in [6.45, 7) is 4.07. The van der Waals surface area contributed by atoms with Crippen LogP contribution in [0.1, 0.15) is 18.4 Å². The molecule has 4 heteroatoms. The van der Waals surface area contributed by atoms with Gasteiger partial charge in [0.05, 0.1) is 7.11 Å². The molecule has 2 fully saturated rings. The third-order valence-corrected chi connectivity index (χ3v) is 4.41. The first-order valence-electron chi connectivity index (χ1n) is 7.05. The molecule has 2 atom stereocenters. The van der Waals surface area contributed by atoms with Crippen LogP contribution in [0.5, 0.6) is 5.75 Å². The van der Waals surface area contributed by atoms with Crippen LogP contribution < -0.4 is 10.1 Å². The Hall–Kier alpha value is -1.13. The highest BCUT2D eigenvalue weighted by atomic mass is 19.1. The first kappa shape index (κ1) is 12.9. The molecule has 0 aliphatic carbocycles. The van der Waals surface area contributed by atoms with Crippen molar-refractivity contribution in [1.29, 1.82) is 0 Å². The molecule has 3 rings (SSSR count). The molecule has 1 aromatic carbocycles. The minimum absolute atomic E-state index is 0.186. The summed E-state index contributed by atoms with van der Waals surface area (Å²) in [6.07, 6.45) is 2.55. The molecule has 2 heterocycles. The van der Waals surface area contributed by atoms with Crippen LogP contribution in [-0.4, -0.2) is 37.7 Å². The average molecular weight is 264 g/mol. The van der Waals surface area contributed by atoms with Crippen LogP contribution in [-0.2, 0) is 6.54 Å². The summed E-state index contributed by atoms with van der Waals surface area (Å²) >= 11 is 0. The Morgan fingerprint density at radius 2 is 2.32 bits per heavy atom. The van der Waals surface area contributed by atoms with Gasteiger partial charge < -0.3 is 10.1 Å².